The van der Waals surface area contributed by atoms with Crippen molar-refractivity contribution >= 4 is 17.5 Å². The second kappa shape index (κ2) is 7.20. The first-order chi connectivity index (χ1) is 10.1. The van der Waals surface area contributed by atoms with E-state index in [1.807, 2.05) is 43.3 Å². The number of aromatic nitrogens is 1. The van der Waals surface area contributed by atoms with E-state index < -0.39 is 0 Å². The molecule has 1 aromatic carbocycles. The number of likely N-dealkylation sites (N-methyl/N-ethyl adjacent to an activating group) is 1. The Morgan fingerprint density at radius 1 is 1.29 bits per heavy atom. The summed E-state index contributed by atoms with van der Waals surface area (Å²) < 4.78 is 0. The molecule has 1 aromatic heterocycles. The van der Waals surface area contributed by atoms with Gasteiger partial charge in [0, 0.05) is 24.0 Å². The van der Waals surface area contributed by atoms with Crippen molar-refractivity contribution in [2.45, 2.75) is 6.04 Å². The van der Waals surface area contributed by atoms with E-state index >= 15 is 0 Å². The molecule has 1 N–H and O–H groups in total. The van der Waals surface area contributed by atoms with Crippen molar-refractivity contribution in [3.8, 4) is 0 Å². The van der Waals surface area contributed by atoms with Gasteiger partial charge in [-0.15, -0.1) is 0 Å². The van der Waals surface area contributed by atoms with E-state index in [9.17, 15) is 4.79 Å². The van der Waals surface area contributed by atoms with Gasteiger partial charge in [0.05, 0.1) is 11.6 Å². The lowest BCUT2D eigenvalue weighted by atomic mass is 10.1. The molecule has 21 heavy (non-hydrogen) atoms. The first kappa shape index (κ1) is 15.5. The Kier molecular flexibility index (Phi) is 5.31. The van der Waals surface area contributed by atoms with E-state index in [1.165, 1.54) is 0 Å². The van der Waals surface area contributed by atoms with Crippen LogP contribution in [0.25, 0.3) is 0 Å². The summed E-state index contributed by atoms with van der Waals surface area (Å²) >= 11 is 5.92. The topological polar surface area (TPSA) is 45.2 Å². The third-order valence-electron chi connectivity index (χ3n) is 3.05. The van der Waals surface area contributed by atoms with Crippen LogP contribution in [0.15, 0.2) is 48.8 Å². The van der Waals surface area contributed by atoms with Gasteiger partial charge in [0.15, 0.2) is 0 Å². The summed E-state index contributed by atoms with van der Waals surface area (Å²) in [5.41, 5.74) is 1.57. The van der Waals surface area contributed by atoms with Crippen LogP contribution < -0.4 is 5.32 Å². The van der Waals surface area contributed by atoms with Gasteiger partial charge in [-0.2, -0.15) is 0 Å². The van der Waals surface area contributed by atoms with Gasteiger partial charge < -0.3 is 10.2 Å². The van der Waals surface area contributed by atoms with Crippen LogP contribution in [0.4, 0.5) is 0 Å². The van der Waals surface area contributed by atoms with Crippen molar-refractivity contribution in [1.82, 2.24) is 15.2 Å². The van der Waals surface area contributed by atoms with Crippen LogP contribution in [-0.4, -0.2) is 36.4 Å². The van der Waals surface area contributed by atoms with Gasteiger partial charge in [0.2, 0.25) is 0 Å². The highest BCUT2D eigenvalue weighted by Gasteiger charge is 2.16. The third-order valence-corrected chi connectivity index (χ3v) is 3.30. The van der Waals surface area contributed by atoms with E-state index in [-0.39, 0.29) is 11.9 Å². The normalized spacial score (nSPS) is 12.2. The molecule has 0 aliphatic heterocycles. The van der Waals surface area contributed by atoms with Crippen molar-refractivity contribution < 1.29 is 4.79 Å². The number of halogens is 1. The maximum absolute atomic E-state index is 12.3. The first-order valence-corrected chi connectivity index (χ1v) is 7.05. The summed E-state index contributed by atoms with van der Waals surface area (Å²) in [6.45, 7) is 0.702. The molecule has 2 aromatic rings. The summed E-state index contributed by atoms with van der Waals surface area (Å²) in [5.74, 6) is -0.134. The first-order valence-electron chi connectivity index (χ1n) is 6.67. The minimum absolute atomic E-state index is 0.107. The molecule has 1 amide bonds. The summed E-state index contributed by atoms with van der Waals surface area (Å²) in [4.78, 5) is 18.3. The lowest BCUT2D eigenvalue weighted by molar-refractivity contribution is 0.0929. The molecule has 5 heteroatoms. The largest absolute Gasteiger partial charge is 0.344 e. The van der Waals surface area contributed by atoms with Crippen molar-refractivity contribution in [1.29, 1.82) is 0 Å². The fourth-order valence-corrected chi connectivity index (χ4v) is 2.16. The highest BCUT2D eigenvalue weighted by molar-refractivity contribution is 6.30. The molecule has 0 unspecified atom stereocenters. The summed E-state index contributed by atoms with van der Waals surface area (Å²) in [7, 11) is 3.94. The summed E-state index contributed by atoms with van der Waals surface area (Å²) in [6, 6.07) is 10.9. The predicted octanol–water partition coefficient (Wildman–Crippen LogP) is 2.77. The molecule has 0 saturated heterocycles. The molecule has 0 radical (unpaired) electrons. The Balaban J connectivity index is 2.17. The zero-order valence-corrected chi connectivity index (χ0v) is 12.8. The fraction of sp³-hybridized carbons (Fsp3) is 0.250. The number of rotatable bonds is 5. The Bertz CT molecular complexity index is 584. The van der Waals surface area contributed by atoms with E-state index in [2.05, 4.69) is 10.3 Å². The van der Waals surface area contributed by atoms with Crippen molar-refractivity contribution in [3.05, 3.63) is 64.9 Å². The Hall–Kier alpha value is -1.91. The smallest absolute Gasteiger partial charge is 0.253 e. The molecule has 0 saturated carbocycles. The number of hydrogen-bond acceptors (Lipinski definition) is 3. The number of carbonyl (C=O) groups is 1. The summed E-state index contributed by atoms with van der Waals surface area (Å²) in [6.07, 6.45) is 3.21. The molecule has 4 nitrogen and oxygen atoms in total. The van der Waals surface area contributed by atoms with Crippen LogP contribution in [0.3, 0.4) is 0 Å². The van der Waals surface area contributed by atoms with Crippen molar-refractivity contribution in [3.63, 3.8) is 0 Å². The molecule has 0 aliphatic carbocycles. The van der Waals surface area contributed by atoms with Gasteiger partial charge in [-0.05, 0) is 43.9 Å². The maximum atomic E-state index is 12.3. The van der Waals surface area contributed by atoms with Crippen molar-refractivity contribution in [2.24, 2.45) is 0 Å². The van der Waals surface area contributed by atoms with Gasteiger partial charge in [-0.25, -0.2) is 0 Å². The number of amides is 1. The Morgan fingerprint density at radius 3 is 2.57 bits per heavy atom. The standard InChI is InChI=1S/C16H18ClN3O/c1-20(2)11-15(12-5-7-14(17)8-6-12)19-16(21)13-4-3-9-18-10-13/h3-10,15H,11H2,1-2H3,(H,19,21)/t15-/m0/s1. The molecule has 2 rings (SSSR count). The third kappa shape index (κ3) is 4.55. The zero-order chi connectivity index (χ0) is 15.2. The van der Waals surface area contributed by atoms with Crippen LogP contribution in [0.2, 0.25) is 5.02 Å². The van der Waals surface area contributed by atoms with E-state index in [4.69, 9.17) is 11.6 Å². The Morgan fingerprint density at radius 2 is 2.00 bits per heavy atom. The zero-order valence-electron chi connectivity index (χ0n) is 12.1. The van der Waals surface area contributed by atoms with Crippen LogP contribution >= 0.6 is 11.6 Å². The van der Waals surface area contributed by atoms with Gasteiger partial charge >= 0.3 is 0 Å². The minimum atomic E-state index is -0.134. The van der Waals surface area contributed by atoms with E-state index in [0.29, 0.717) is 17.1 Å². The molecule has 0 bridgehead atoms. The van der Waals surface area contributed by atoms with E-state index in [0.717, 1.165) is 5.56 Å². The second-order valence-electron chi connectivity index (χ2n) is 5.08. The lowest BCUT2D eigenvalue weighted by Crippen LogP contribution is -2.35. The number of hydrogen-bond donors (Lipinski definition) is 1. The number of benzene rings is 1. The van der Waals surface area contributed by atoms with Crippen molar-refractivity contribution in [2.75, 3.05) is 20.6 Å². The monoisotopic (exact) mass is 303 g/mol. The SMILES string of the molecule is CN(C)C[C@H](NC(=O)c1cccnc1)c1ccc(Cl)cc1. The molecule has 110 valence electrons. The predicted molar refractivity (Wildman–Crippen MR) is 84.5 cm³/mol. The highest BCUT2D eigenvalue weighted by atomic mass is 35.5. The van der Waals surface area contributed by atoms with Crippen LogP contribution in [-0.2, 0) is 0 Å². The average Bonchev–Trinajstić information content (AvgIpc) is 2.48. The number of pyridine rings is 1. The minimum Gasteiger partial charge on any atom is -0.344 e. The molecular weight excluding hydrogens is 286 g/mol. The number of carbonyl (C=O) groups excluding carboxylic acids is 1. The number of nitrogens with zero attached hydrogens (tertiary/aromatic N) is 2. The maximum Gasteiger partial charge on any atom is 0.253 e. The van der Waals surface area contributed by atoms with Crippen LogP contribution in [0, 0.1) is 0 Å². The average molecular weight is 304 g/mol. The fourth-order valence-electron chi connectivity index (χ4n) is 2.03. The van der Waals surface area contributed by atoms with Gasteiger partial charge in [0.1, 0.15) is 0 Å². The Labute approximate surface area is 129 Å². The quantitative estimate of drug-likeness (QED) is 0.924. The highest BCUT2D eigenvalue weighted by Crippen LogP contribution is 2.17. The van der Waals surface area contributed by atoms with Crippen LogP contribution in [0.5, 0.6) is 0 Å². The molecule has 0 fully saturated rings. The van der Waals surface area contributed by atoms with Gasteiger partial charge in [0.25, 0.3) is 5.91 Å². The molecule has 0 aliphatic rings. The second-order valence-corrected chi connectivity index (χ2v) is 5.52. The van der Waals surface area contributed by atoms with Crippen LogP contribution in [0.1, 0.15) is 22.0 Å². The molecule has 0 spiro atoms. The van der Waals surface area contributed by atoms with E-state index in [1.54, 1.807) is 24.5 Å². The number of nitrogens with one attached hydrogen (secondary N) is 1. The molecule has 1 heterocycles. The van der Waals surface area contributed by atoms with Gasteiger partial charge in [-0.3, -0.25) is 9.78 Å². The lowest BCUT2D eigenvalue weighted by Gasteiger charge is -2.23. The van der Waals surface area contributed by atoms with Gasteiger partial charge in [-0.1, -0.05) is 23.7 Å². The summed E-state index contributed by atoms with van der Waals surface area (Å²) in [5, 5.41) is 3.72. The molecular formula is C16H18ClN3O. The molecule has 1 atom stereocenters.